The molecule has 0 bridgehead atoms. The van der Waals surface area contributed by atoms with Gasteiger partial charge < -0.3 is 9.47 Å². The number of aromatic nitrogens is 4. The fourth-order valence-electron chi connectivity index (χ4n) is 3.95. The van der Waals surface area contributed by atoms with Crippen LogP contribution in [0.15, 0.2) is 22.9 Å². The first-order valence-corrected chi connectivity index (χ1v) is 10.9. The average Bonchev–Trinajstić information content (AvgIpc) is 3.26. The molecule has 1 aliphatic carbocycles. The Hall–Kier alpha value is -1.45. The van der Waals surface area contributed by atoms with Crippen molar-refractivity contribution in [2.75, 3.05) is 19.8 Å². The lowest BCUT2D eigenvalue weighted by Crippen LogP contribution is -2.28. The molecule has 0 spiro atoms. The summed E-state index contributed by atoms with van der Waals surface area (Å²) < 4.78 is 42.2. The lowest BCUT2D eigenvalue weighted by Gasteiger charge is -2.22. The minimum Gasteiger partial charge on any atom is -0.381 e. The number of hydrogen-bond acceptors (Lipinski definition) is 5. The lowest BCUT2D eigenvalue weighted by molar-refractivity contribution is -0.0439. The van der Waals surface area contributed by atoms with Crippen molar-refractivity contribution < 1.29 is 18.3 Å². The summed E-state index contributed by atoms with van der Waals surface area (Å²) in [6, 6.07) is 1.87. The van der Waals surface area contributed by atoms with Crippen molar-refractivity contribution in [2.45, 2.75) is 57.1 Å². The van der Waals surface area contributed by atoms with Gasteiger partial charge in [-0.15, -0.1) is 0 Å². The summed E-state index contributed by atoms with van der Waals surface area (Å²) in [5.41, 5.74) is 0.753. The molecule has 2 aliphatic rings. The zero-order valence-electron chi connectivity index (χ0n) is 16.2. The van der Waals surface area contributed by atoms with E-state index < -0.39 is 11.8 Å². The van der Waals surface area contributed by atoms with Crippen molar-refractivity contribution >= 4 is 15.9 Å². The SMILES string of the molecule is FC1(F)CCCC1Cn1nc(-c2cncc(Br)c2)nc1CCOC1CCOCC1. The molecule has 1 saturated carbocycles. The van der Waals surface area contributed by atoms with Gasteiger partial charge in [-0.1, -0.05) is 0 Å². The first kappa shape index (κ1) is 20.8. The number of ether oxygens (including phenoxy) is 2. The summed E-state index contributed by atoms with van der Waals surface area (Å²) in [4.78, 5) is 8.79. The van der Waals surface area contributed by atoms with Crippen molar-refractivity contribution in [3.63, 3.8) is 0 Å². The molecule has 158 valence electrons. The molecule has 1 saturated heterocycles. The van der Waals surface area contributed by atoms with E-state index in [9.17, 15) is 8.78 Å². The predicted molar refractivity (Wildman–Crippen MR) is 107 cm³/mol. The number of nitrogens with zero attached hydrogens (tertiary/aromatic N) is 4. The van der Waals surface area contributed by atoms with Crippen molar-refractivity contribution in [1.29, 1.82) is 0 Å². The number of alkyl halides is 2. The van der Waals surface area contributed by atoms with E-state index in [-0.39, 0.29) is 19.1 Å². The molecule has 0 radical (unpaired) electrons. The first-order chi connectivity index (χ1) is 14.0. The van der Waals surface area contributed by atoms with Gasteiger partial charge in [-0.2, -0.15) is 5.10 Å². The van der Waals surface area contributed by atoms with Crippen molar-refractivity contribution in [2.24, 2.45) is 5.92 Å². The zero-order chi connectivity index (χ0) is 20.3. The maximum atomic E-state index is 14.2. The molecular weight excluding hydrogens is 446 g/mol. The van der Waals surface area contributed by atoms with Crippen LogP contribution in [0.4, 0.5) is 8.78 Å². The van der Waals surface area contributed by atoms with Gasteiger partial charge in [-0.05, 0) is 47.7 Å². The van der Waals surface area contributed by atoms with Gasteiger partial charge in [0.05, 0.1) is 19.3 Å². The van der Waals surface area contributed by atoms with Crippen LogP contribution >= 0.6 is 15.9 Å². The van der Waals surface area contributed by atoms with Crippen molar-refractivity contribution in [3.05, 3.63) is 28.8 Å². The molecule has 3 heterocycles. The molecule has 29 heavy (non-hydrogen) atoms. The van der Waals surface area contributed by atoms with Gasteiger partial charge >= 0.3 is 0 Å². The van der Waals surface area contributed by atoms with Gasteiger partial charge in [-0.3, -0.25) is 4.98 Å². The van der Waals surface area contributed by atoms with Gasteiger partial charge in [0.2, 0.25) is 0 Å². The molecule has 1 unspecified atom stereocenters. The third kappa shape index (κ3) is 5.19. The number of pyridine rings is 1. The monoisotopic (exact) mass is 470 g/mol. The van der Waals surface area contributed by atoms with Crippen LogP contribution in [0, 0.1) is 5.92 Å². The van der Waals surface area contributed by atoms with Gasteiger partial charge in [-0.25, -0.2) is 18.4 Å². The number of hydrogen-bond donors (Lipinski definition) is 0. The van der Waals surface area contributed by atoms with E-state index in [4.69, 9.17) is 9.47 Å². The molecule has 2 fully saturated rings. The van der Waals surface area contributed by atoms with Crippen molar-refractivity contribution in [3.8, 4) is 11.4 Å². The Morgan fingerprint density at radius 3 is 2.79 bits per heavy atom. The maximum absolute atomic E-state index is 14.2. The van der Waals surface area contributed by atoms with E-state index >= 15 is 0 Å². The highest BCUT2D eigenvalue weighted by molar-refractivity contribution is 9.10. The second kappa shape index (κ2) is 9.14. The fraction of sp³-hybridized carbons (Fsp3) is 0.650. The molecule has 1 atom stereocenters. The third-order valence-electron chi connectivity index (χ3n) is 5.61. The van der Waals surface area contributed by atoms with E-state index in [1.807, 2.05) is 6.07 Å². The highest BCUT2D eigenvalue weighted by Crippen LogP contribution is 2.41. The molecule has 2 aromatic heterocycles. The Morgan fingerprint density at radius 2 is 2.07 bits per heavy atom. The van der Waals surface area contributed by atoms with E-state index in [1.165, 1.54) is 0 Å². The predicted octanol–water partition coefficient (Wildman–Crippen LogP) is 4.28. The quantitative estimate of drug-likeness (QED) is 0.604. The van der Waals surface area contributed by atoms with E-state index in [0.717, 1.165) is 36.1 Å². The minimum atomic E-state index is -2.64. The van der Waals surface area contributed by atoms with Gasteiger partial charge in [0.25, 0.3) is 5.92 Å². The van der Waals surface area contributed by atoms with Gasteiger partial charge in [0.15, 0.2) is 5.82 Å². The van der Waals surface area contributed by atoms with Crippen LogP contribution < -0.4 is 0 Å². The Kier molecular flexibility index (Phi) is 6.56. The van der Waals surface area contributed by atoms with Crippen LogP contribution in [0.2, 0.25) is 0 Å². The standard InChI is InChI=1S/C20H25BrF2N4O2/c21-16-10-14(11-24-12-16)19-25-18(5-9-29-17-3-7-28-8-4-17)27(26-19)13-15-2-1-6-20(15,22)23/h10-12,15,17H,1-9,13H2. The summed E-state index contributed by atoms with van der Waals surface area (Å²) in [5, 5.41) is 4.55. The van der Waals surface area contributed by atoms with E-state index in [2.05, 4.69) is 31.0 Å². The Bertz CT molecular complexity index is 827. The summed E-state index contributed by atoms with van der Waals surface area (Å²) >= 11 is 3.40. The third-order valence-corrected chi connectivity index (χ3v) is 6.05. The summed E-state index contributed by atoms with van der Waals surface area (Å²) in [6.45, 7) is 2.10. The largest absolute Gasteiger partial charge is 0.381 e. The van der Waals surface area contributed by atoms with Gasteiger partial charge in [0.1, 0.15) is 5.82 Å². The Morgan fingerprint density at radius 1 is 1.24 bits per heavy atom. The lowest BCUT2D eigenvalue weighted by atomic mass is 10.1. The number of halogens is 3. The van der Waals surface area contributed by atoms with Crippen LogP contribution in [0.1, 0.15) is 37.9 Å². The zero-order valence-corrected chi connectivity index (χ0v) is 17.8. The molecule has 4 rings (SSSR count). The second-order valence-corrected chi connectivity index (χ2v) is 8.62. The second-order valence-electron chi connectivity index (χ2n) is 7.71. The molecule has 0 amide bonds. The smallest absolute Gasteiger partial charge is 0.252 e. The molecule has 9 heteroatoms. The minimum absolute atomic E-state index is 0.0447. The van der Waals surface area contributed by atoms with Crippen LogP contribution in [-0.4, -0.2) is 51.6 Å². The van der Waals surface area contributed by atoms with Crippen LogP contribution in [0.3, 0.4) is 0 Å². The summed E-state index contributed by atoms with van der Waals surface area (Å²) in [7, 11) is 0. The normalized spacial score (nSPS) is 22.2. The topological polar surface area (TPSA) is 62.1 Å². The molecule has 6 nitrogen and oxygen atoms in total. The Labute approximate surface area is 177 Å². The Balaban J connectivity index is 1.50. The van der Waals surface area contributed by atoms with Crippen molar-refractivity contribution in [1.82, 2.24) is 19.7 Å². The van der Waals surface area contributed by atoms with Gasteiger partial charge in [0, 0.05) is 54.4 Å². The average molecular weight is 471 g/mol. The highest BCUT2D eigenvalue weighted by atomic mass is 79.9. The molecule has 2 aromatic rings. The maximum Gasteiger partial charge on any atom is 0.252 e. The van der Waals surface area contributed by atoms with E-state index in [1.54, 1.807) is 17.1 Å². The number of rotatable bonds is 7. The molecule has 0 N–H and O–H groups in total. The van der Waals surface area contributed by atoms with Crippen LogP contribution in [-0.2, 0) is 22.4 Å². The van der Waals surface area contributed by atoms with E-state index in [0.29, 0.717) is 37.5 Å². The first-order valence-electron chi connectivity index (χ1n) is 10.1. The highest BCUT2D eigenvalue weighted by Gasteiger charge is 2.44. The van der Waals surface area contributed by atoms with Crippen LogP contribution in [0.5, 0.6) is 0 Å². The summed E-state index contributed by atoms with van der Waals surface area (Å²) in [6.07, 6.45) is 6.87. The molecule has 1 aliphatic heterocycles. The molecule has 0 aromatic carbocycles. The van der Waals surface area contributed by atoms with Crippen LogP contribution in [0.25, 0.3) is 11.4 Å². The summed E-state index contributed by atoms with van der Waals surface area (Å²) in [5.74, 6) is -2.16. The fourth-order valence-corrected chi connectivity index (χ4v) is 4.32. The molecular formula is C20H25BrF2N4O2.